The summed E-state index contributed by atoms with van der Waals surface area (Å²) in [7, 11) is 0. The summed E-state index contributed by atoms with van der Waals surface area (Å²) in [6.07, 6.45) is 1.79. The first-order valence-electron chi connectivity index (χ1n) is 7.37. The molecule has 0 bridgehead atoms. The highest BCUT2D eigenvalue weighted by atomic mass is 19.4. The third kappa shape index (κ3) is 3.79. The molecule has 7 nitrogen and oxygen atoms in total. The molecular weight excluding hydrogens is 351 g/mol. The summed E-state index contributed by atoms with van der Waals surface area (Å²) in [5.41, 5.74) is -0.952. The molecule has 3 aromatic rings. The first-order chi connectivity index (χ1) is 12.3. The van der Waals surface area contributed by atoms with Crippen molar-refractivity contribution in [3.63, 3.8) is 0 Å². The maximum Gasteiger partial charge on any atom is 0.416 e. The Morgan fingerprint density at radius 1 is 1.19 bits per heavy atom. The first kappa shape index (κ1) is 17.4. The molecular formula is C16H12F3N5O2. The van der Waals surface area contributed by atoms with Crippen molar-refractivity contribution in [1.29, 1.82) is 0 Å². The Morgan fingerprint density at radius 2 is 2.00 bits per heavy atom. The van der Waals surface area contributed by atoms with Crippen LogP contribution in [0.4, 0.5) is 24.5 Å². The number of nitrogens with one attached hydrogen (secondary N) is 1. The van der Waals surface area contributed by atoms with Crippen molar-refractivity contribution in [3.05, 3.63) is 76.5 Å². The summed E-state index contributed by atoms with van der Waals surface area (Å²) < 4.78 is 39.9. The van der Waals surface area contributed by atoms with Gasteiger partial charge in [0.2, 0.25) is 0 Å². The Balaban J connectivity index is 1.82. The molecule has 0 spiro atoms. The fourth-order valence-corrected chi connectivity index (χ4v) is 2.31. The highest BCUT2D eigenvalue weighted by molar-refractivity contribution is 5.63. The van der Waals surface area contributed by atoms with Gasteiger partial charge in [-0.05, 0) is 29.8 Å². The molecule has 0 radical (unpaired) electrons. The highest BCUT2D eigenvalue weighted by Gasteiger charge is 2.33. The zero-order valence-electron chi connectivity index (χ0n) is 13.1. The van der Waals surface area contributed by atoms with Gasteiger partial charge in [0.1, 0.15) is 17.8 Å². The molecule has 0 aliphatic rings. The van der Waals surface area contributed by atoms with Crippen molar-refractivity contribution in [3.8, 4) is 5.82 Å². The van der Waals surface area contributed by atoms with Gasteiger partial charge in [-0.25, -0.2) is 9.97 Å². The molecule has 10 heteroatoms. The van der Waals surface area contributed by atoms with Crippen LogP contribution in [0.5, 0.6) is 0 Å². The fraction of sp³-hybridized carbons (Fsp3) is 0.125. The number of alkyl halides is 3. The third-order valence-electron chi connectivity index (χ3n) is 3.58. The number of anilines is 1. The van der Waals surface area contributed by atoms with Gasteiger partial charge in [0.05, 0.1) is 10.5 Å². The van der Waals surface area contributed by atoms with E-state index in [0.717, 1.165) is 17.7 Å². The van der Waals surface area contributed by atoms with E-state index in [1.54, 1.807) is 41.6 Å². The van der Waals surface area contributed by atoms with Crippen LogP contribution >= 0.6 is 0 Å². The Bertz CT molecular complexity index is 926. The van der Waals surface area contributed by atoms with Gasteiger partial charge in [-0.1, -0.05) is 0 Å². The minimum absolute atomic E-state index is 0.00370. The standard InChI is InChI=1S/C16H12F3N5O2/c17-16(18,19)12-1-2-13(14(8-12)24(25)26)22-9-11-3-4-21-15(7-11)23-6-5-20-10-23/h1-8,10,22H,9H2. The van der Waals surface area contributed by atoms with E-state index >= 15 is 0 Å². The number of pyridine rings is 1. The Labute approximate surface area is 145 Å². The molecule has 0 aliphatic carbocycles. The number of hydrogen-bond acceptors (Lipinski definition) is 5. The molecule has 0 saturated heterocycles. The van der Waals surface area contributed by atoms with E-state index in [0.29, 0.717) is 11.9 Å². The number of benzene rings is 1. The molecule has 3 rings (SSSR count). The van der Waals surface area contributed by atoms with E-state index in [-0.39, 0.29) is 12.2 Å². The van der Waals surface area contributed by atoms with Crippen molar-refractivity contribution < 1.29 is 18.1 Å². The van der Waals surface area contributed by atoms with Crippen LogP contribution in [0.25, 0.3) is 5.82 Å². The third-order valence-corrected chi connectivity index (χ3v) is 3.58. The monoisotopic (exact) mass is 363 g/mol. The minimum atomic E-state index is -4.64. The maximum absolute atomic E-state index is 12.7. The predicted molar refractivity (Wildman–Crippen MR) is 86.8 cm³/mol. The van der Waals surface area contributed by atoms with Crippen LogP contribution in [0.1, 0.15) is 11.1 Å². The first-order valence-corrected chi connectivity index (χ1v) is 7.37. The number of nitrogens with zero attached hydrogens (tertiary/aromatic N) is 4. The number of imidazole rings is 1. The average Bonchev–Trinajstić information content (AvgIpc) is 3.14. The van der Waals surface area contributed by atoms with Crippen LogP contribution in [0.2, 0.25) is 0 Å². The van der Waals surface area contributed by atoms with E-state index in [4.69, 9.17) is 0 Å². The summed E-state index contributed by atoms with van der Waals surface area (Å²) in [6, 6.07) is 5.82. The topological polar surface area (TPSA) is 85.9 Å². The summed E-state index contributed by atoms with van der Waals surface area (Å²) in [6.45, 7) is 0.177. The molecule has 0 saturated carbocycles. The van der Waals surface area contributed by atoms with Crippen LogP contribution in [-0.4, -0.2) is 19.5 Å². The predicted octanol–water partition coefficient (Wildman–Crippen LogP) is 3.81. The van der Waals surface area contributed by atoms with Gasteiger partial charge in [-0.2, -0.15) is 13.2 Å². The Morgan fingerprint density at radius 3 is 2.65 bits per heavy atom. The number of hydrogen-bond donors (Lipinski definition) is 1. The molecule has 0 unspecified atom stereocenters. The van der Waals surface area contributed by atoms with Gasteiger partial charge in [0.25, 0.3) is 5.69 Å². The average molecular weight is 363 g/mol. The van der Waals surface area contributed by atoms with Crippen molar-refractivity contribution in [1.82, 2.24) is 14.5 Å². The molecule has 0 amide bonds. The van der Waals surface area contributed by atoms with E-state index in [9.17, 15) is 23.3 Å². The Hall–Kier alpha value is -3.43. The van der Waals surface area contributed by atoms with Gasteiger partial charge in [0.15, 0.2) is 0 Å². The van der Waals surface area contributed by atoms with Crippen LogP contribution in [0.3, 0.4) is 0 Å². The molecule has 0 aliphatic heterocycles. The normalized spacial score (nSPS) is 11.3. The van der Waals surface area contributed by atoms with Crippen LogP contribution in [0, 0.1) is 10.1 Å². The minimum Gasteiger partial charge on any atom is -0.375 e. The van der Waals surface area contributed by atoms with Crippen LogP contribution in [-0.2, 0) is 12.7 Å². The second-order valence-electron chi connectivity index (χ2n) is 5.33. The van der Waals surface area contributed by atoms with Gasteiger partial charge in [-0.3, -0.25) is 14.7 Å². The van der Waals surface area contributed by atoms with Crippen LogP contribution in [0.15, 0.2) is 55.2 Å². The smallest absolute Gasteiger partial charge is 0.375 e. The van der Waals surface area contributed by atoms with Crippen molar-refractivity contribution in [2.75, 3.05) is 5.32 Å². The molecule has 2 heterocycles. The molecule has 0 atom stereocenters. The molecule has 134 valence electrons. The molecule has 0 fully saturated rings. The molecule has 1 aromatic carbocycles. The summed E-state index contributed by atoms with van der Waals surface area (Å²) in [5, 5.41) is 13.9. The van der Waals surface area contributed by atoms with E-state index < -0.39 is 22.4 Å². The van der Waals surface area contributed by atoms with Gasteiger partial charge < -0.3 is 5.32 Å². The fourth-order valence-electron chi connectivity index (χ4n) is 2.31. The van der Waals surface area contributed by atoms with Crippen LogP contribution < -0.4 is 5.32 Å². The molecule has 26 heavy (non-hydrogen) atoms. The summed E-state index contributed by atoms with van der Waals surface area (Å²) >= 11 is 0. The van der Waals surface area contributed by atoms with Gasteiger partial charge >= 0.3 is 6.18 Å². The molecule has 2 aromatic heterocycles. The zero-order chi connectivity index (χ0) is 18.7. The second kappa shape index (κ2) is 6.82. The SMILES string of the molecule is O=[N+]([O-])c1cc(C(F)(F)F)ccc1NCc1ccnc(-n2ccnc2)c1. The number of nitro benzene ring substituents is 1. The lowest BCUT2D eigenvalue weighted by Crippen LogP contribution is -2.08. The maximum atomic E-state index is 12.7. The number of rotatable bonds is 5. The van der Waals surface area contributed by atoms with E-state index in [2.05, 4.69) is 15.3 Å². The number of aromatic nitrogens is 3. The second-order valence-corrected chi connectivity index (χ2v) is 5.33. The highest BCUT2D eigenvalue weighted by Crippen LogP contribution is 2.35. The lowest BCUT2D eigenvalue weighted by Gasteiger charge is -2.11. The van der Waals surface area contributed by atoms with Crippen molar-refractivity contribution in [2.24, 2.45) is 0 Å². The Kier molecular flexibility index (Phi) is 4.57. The largest absolute Gasteiger partial charge is 0.416 e. The lowest BCUT2D eigenvalue weighted by atomic mass is 10.1. The van der Waals surface area contributed by atoms with E-state index in [1.165, 1.54) is 0 Å². The number of nitro groups is 1. The molecule has 1 N–H and O–H groups in total. The zero-order valence-corrected chi connectivity index (χ0v) is 13.1. The van der Waals surface area contributed by atoms with Crippen molar-refractivity contribution >= 4 is 11.4 Å². The summed E-state index contributed by atoms with van der Waals surface area (Å²) in [4.78, 5) is 18.4. The summed E-state index contributed by atoms with van der Waals surface area (Å²) in [5.74, 6) is 0.601. The van der Waals surface area contributed by atoms with Crippen molar-refractivity contribution in [2.45, 2.75) is 12.7 Å². The lowest BCUT2D eigenvalue weighted by molar-refractivity contribution is -0.384. The van der Waals surface area contributed by atoms with E-state index in [1.807, 2.05) is 0 Å². The van der Waals surface area contributed by atoms with Gasteiger partial charge in [-0.15, -0.1) is 0 Å². The number of halogens is 3. The quantitative estimate of drug-likeness (QED) is 0.550. The van der Waals surface area contributed by atoms with Gasteiger partial charge in [0, 0.05) is 31.2 Å².